The zero-order chi connectivity index (χ0) is 21.8. The van der Waals surface area contributed by atoms with E-state index in [0.29, 0.717) is 22.6 Å². The summed E-state index contributed by atoms with van der Waals surface area (Å²) in [7, 11) is -2.24. The van der Waals surface area contributed by atoms with Gasteiger partial charge in [-0.05, 0) is 30.3 Å². The van der Waals surface area contributed by atoms with Gasteiger partial charge in [-0.2, -0.15) is 4.31 Å². The molecule has 11 heteroatoms. The lowest BCUT2D eigenvalue weighted by molar-refractivity contribution is 0.0697. The molecule has 0 aliphatic carbocycles. The maximum Gasteiger partial charge on any atom is 0.419 e. The van der Waals surface area contributed by atoms with Gasteiger partial charge in [-0.3, -0.25) is 9.36 Å². The molecule has 5 rings (SSSR count). The Balaban J connectivity index is 1.31. The molecule has 3 aromatic rings. The van der Waals surface area contributed by atoms with Crippen molar-refractivity contribution < 1.29 is 27.1 Å². The van der Waals surface area contributed by atoms with Crippen LogP contribution in [0.25, 0.3) is 11.1 Å². The third kappa shape index (κ3) is 3.26. The quantitative estimate of drug-likeness (QED) is 0.591. The molecule has 10 nitrogen and oxygen atoms in total. The molecule has 3 heterocycles. The molecule has 1 saturated heterocycles. The molecule has 31 heavy (non-hydrogen) atoms. The van der Waals surface area contributed by atoms with Crippen LogP contribution >= 0.6 is 0 Å². The second kappa shape index (κ2) is 7.13. The highest BCUT2D eigenvalue weighted by Gasteiger charge is 2.31. The van der Waals surface area contributed by atoms with E-state index in [1.54, 1.807) is 36.2 Å². The minimum absolute atomic E-state index is 0.0462. The van der Waals surface area contributed by atoms with Crippen LogP contribution in [0.5, 0.6) is 11.5 Å². The molecule has 2 aliphatic heterocycles. The highest BCUT2D eigenvalue weighted by Crippen LogP contribution is 2.33. The Hall–Kier alpha value is -3.31. The van der Waals surface area contributed by atoms with Gasteiger partial charge in [-0.15, -0.1) is 0 Å². The van der Waals surface area contributed by atoms with E-state index < -0.39 is 15.8 Å². The summed E-state index contributed by atoms with van der Waals surface area (Å²) in [4.78, 5) is 26.1. The van der Waals surface area contributed by atoms with Gasteiger partial charge in [0.15, 0.2) is 17.1 Å². The maximum absolute atomic E-state index is 13.1. The predicted octanol–water partition coefficient (Wildman–Crippen LogP) is 1.01. The standard InChI is InChI=1S/C20H19N3O7S/c1-21-15-4-3-14(11-17(15)30-20(21)25)31(26,27)23-8-6-22(7-9-23)19(24)13-2-5-16-18(10-13)29-12-28-16/h2-5,10-11H,6-9,12H2,1H3. The second-order valence-electron chi connectivity index (χ2n) is 7.32. The molecule has 162 valence electrons. The fourth-order valence-corrected chi connectivity index (χ4v) is 5.21. The van der Waals surface area contributed by atoms with Crippen LogP contribution in [-0.2, 0) is 17.1 Å². The number of hydrogen-bond acceptors (Lipinski definition) is 7. The normalized spacial score (nSPS) is 16.7. The Morgan fingerprint density at radius 3 is 2.48 bits per heavy atom. The lowest BCUT2D eigenvalue weighted by Gasteiger charge is -2.34. The molecule has 0 radical (unpaired) electrons. The summed E-state index contributed by atoms with van der Waals surface area (Å²) < 4.78 is 44.5. The third-order valence-corrected chi connectivity index (χ3v) is 7.44. The SMILES string of the molecule is Cn1c(=O)oc2cc(S(=O)(=O)N3CCN(C(=O)c4ccc5c(c4)OCO5)CC3)ccc21. The zero-order valence-electron chi connectivity index (χ0n) is 16.6. The second-order valence-corrected chi connectivity index (χ2v) is 9.26. The number of oxazole rings is 1. The first kappa shape index (κ1) is 19.6. The summed E-state index contributed by atoms with van der Waals surface area (Å²) in [5.74, 6) is 0.372. The Morgan fingerprint density at radius 1 is 0.968 bits per heavy atom. The minimum Gasteiger partial charge on any atom is -0.454 e. The van der Waals surface area contributed by atoms with Gasteiger partial charge in [0.05, 0.1) is 10.4 Å². The van der Waals surface area contributed by atoms with E-state index in [4.69, 9.17) is 13.9 Å². The zero-order valence-corrected chi connectivity index (χ0v) is 17.4. The van der Waals surface area contributed by atoms with Gasteiger partial charge in [0.2, 0.25) is 16.8 Å². The number of amides is 1. The summed E-state index contributed by atoms with van der Waals surface area (Å²) in [5, 5.41) is 0. The van der Waals surface area contributed by atoms with Crippen LogP contribution < -0.4 is 15.2 Å². The lowest BCUT2D eigenvalue weighted by Crippen LogP contribution is -2.50. The van der Waals surface area contributed by atoms with E-state index in [-0.39, 0.29) is 49.4 Å². The highest BCUT2D eigenvalue weighted by molar-refractivity contribution is 7.89. The number of carbonyl (C=O) groups excluding carboxylic acids is 1. The van der Waals surface area contributed by atoms with Crippen LogP contribution in [0.15, 0.2) is 50.5 Å². The molecule has 0 unspecified atom stereocenters. The van der Waals surface area contributed by atoms with Gasteiger partial charge in [0, 0.05) is 44.9 Å². The first-order chi connectivity index (χ1) is 14.8. The van der Waals surface area contributed by atoms with Crippen LogP contribution in [0.1, 0.15) is 10.4 Å². The van der Waals surface area contributed by atoms with Gasteiger partial charge < -0.3 is 18.8 Å². The van der Waals surface area contributed by atoms with E-state index >= 15 is 0 Å². The molecule has 1 amide bonds. The first-order valence-electron chi connectivity index (χ1n) is 9.63. The minimum atomic E-state index is -3.79. The summed E-state index contributed by atoms with van der Waals surface area (Å²) in [6, 6.07) is 9.35. The number of rotatable bonds is 3. The van der Waals surface area contributed by atoms with Crippen LogP contribution in [0.3, 0.4) is 0 Å². The number of piperazine rings is 1. The molecule has 0 spiro atoms. The summed E-state index contributed by atoms with van der Waals surface area (Å²) in [6.45, 7) is 0.969. The smallest absolute Gasteiger partial charge is 0.419 e. The number of benzene rings is 2. The fraction of sp³-hybridized carbons (Fsp3) is 0.300. The average molecular weight is 445 g/mol. The Labute approximate surface area is 177 Å². The van der Waals surface area contributed by atoms with E-state index in [1.165, 1.54) is 21.0 Å². The van der Waals surface area contributed by atoms with Gasteiger partial charge in [-0.1, -0.05) is 0 Å². The highest BCUT2D eigenvalue weighted by atomic mass is 32.2. The number of sulfonamides is 1. The maximum atomic E-state index is 13.1. The third-order valence-electron chi connectivity index (χ3n) is 5.55. The molecule has 0 saturated carbocycles. The van der Waals surface area contributed by atoms with Crippen molar-refractivity contribution in [2.45, 2.75) is 4.90 Å². The molecule has 2 aliphatic rings. The number of nitrogens with zero attached hydrogens (tertiary/aromatic N) is 3. The summed E-state index contributed by atoms with van der Waals surface area (Å²) in [5.41, 5.74) is 1.19. The van der Waals surface area contributed by atoms with Crippen LogP contribution in [0.2, 0.25) is 0 Å². The molecule has 0 atom stereocenters. The molecule has 2 aromatic carbocycles. The van der Waals surface area contributed by atoms with E-state index in [0.717, 1.165) is 0 Å². The van der Waals surface area contributed by atoms with Crippen LogP contribution in [-0.4, -0.2) is 61.1 Å². The van der Waals surface area contributed by atoms with Crippen LogP contribution in [0.4, 0.5) is 0 Å². The fourth-order valence-electron chi connectivity index (χ4n) is 3.77. The van der Waals surface area contributed by atoms with Crippen molar-refractivity contribution in [2.24, 2.45) is 7.05 Å². The van der Waals surface area contributed by atoms with Gasteiger partial charge in [0.25, 0.3) is 5.91 Å². The van der Waals surface area contributed by atoms with E-state index in [9.17, 15) is 18.0 Å². The average Bonchev–Trinajstić information content (AvgIpc) is 3.36. The van der Waals surface area contributed by atoms with Gasteiger partial charge in [0.1, 0.15) is 0 Å². The number of carbonyl (C=O) groups is 1. The van der Waals surface area contributed by atoms with Crippen molar-refractivity contribution in [2.75, 3.05) is 33.0 Å². The van der Waals surface area contributed by atoms with Crippen molar-refractivity contribution >= 4 is 27.0 Å². The van der Waals surface area contributed by atoms with Crippen LogP contribution in [0, 0.1) is 0 Å². The predicted molar refractivity (Wildman–Crippen MR) is 109 cm³/mol. The molecule has 1 fully saturated rings. The topological polar surface area (TPSA) is 111 Å². The van der Waals surface area contributed by atoms with E-state index in [2.05, 4.69) is 0 Å². The molecule has 0 N–H and O–H groups in total. The molecule has 0 bridgehead atoms. The van der Waals surface area contributed by atoms with Crippen molar-refractivity contribution in [3.8, 4) is 11.5 Å². The number of aryl methyl sites for hydroxylation is 1. The largest absolute Gasteiger partial charge is 0.454 e. The van der Waals surface area contributed by atoms with Gasteiger partial charge in [-0.25, -0.2) is 13.2 Å². The Morgan fingerprint density at radius 2 is 1.71 bits per heavy atom. The summed E-state index contributed by atoms with van der Waals surface area (Å²) in [6.07, 6.45) is 0. The molecular formula is C20H19N3O7S. The number of aromatic nitrogens is 1. The molecular weight excluding hydrogens is 426 g/mol. The monoisotopic (exact) mass is 445 g/mol. The summed E-state index contributed by atoms with van der Waals surface area (Å²) >= 11 is 0. The number of ether oxygens (including phenoxy) is 2. The van der Waals surface area contributed by atoms with Crippen molar-refractivity contribution in [1.82, 2.24) is 13.8 Å². The van der Waals surface area contributed by atoms with Crippen molar-refractivity contribution in [1.29, 1.82) is 0 Å². The number of fused-ring (bicyclic) bond motifs is 2. The lowest BCUT2D eigenvalue weighted by atomic mass is 10.1. The van der Waals surface area contributed by atoms with Gasteiger partial charge >= 0.3 is 5.76 Å². The van der Waals surface area contributed by atoms with E-state index in [1.807, 2.05) is 0 Å². The Bertz CT molecular complexity index is 1350. The van der Waals surface area contributed by atoms with Crippen molar-refractivity contribution in [3.63, 3.8) is 0 Å². The first-order valence-corrected chi connectivity index (χ1v) is 11.1. The molecule has 1 aromatic heterocycles. The number of hydrogen-bond donors (Lipinski definition) is 0. The Kier molecular flexibility index (Phi) is 4.52. The van der Waals surface area contributed by atoms with Crippen molar-refractivity contribution in [3.05, 3.63) is 52.5 Å².